The van der Waals surface area contributed by atoms with Crippen LogP contribution in [0, 0.1) is 0 Å². The van der Waals surface area contributed by atoms with Crippen LogP contribution in [0.3, 0.4) is 0 Å². The van der Waals surface area contributed by atoms with Crippen LogP contribution in [0.2, 0.25) is 0 Å². The minimum absolute atomic E-state index is 0.0607. The number of carbonyl (C=O) groups is 1. The lowest BCUT2D eigenvalue weighted by Crippen LogP contribution is -2.26. The number of hydrogen-bond donors (Lipinski definition) is 0. The largest absolute Gasteiger partial charge is 0.454 e. The summed E-state index contributed by atoms with van der Waals surface area (Å²) < 4.78 is 16.2. The Labute approximate surface area is 168 Å². The average molecular weight is 391 g/mol. The van der Waals surface area contributed by atoms with Gasteiger partial charge in [0, 0.05) is 25.1 Å². The highest BCUT2D eigenvalue weighted by atomic mass is 16.7. The lowest BCUT2D eigenvalue weighted by molar-refractivity contribution is -0.127. The predicted molar refractivity (Wildman–Crippen MR) is 105 cm³/mol. The van der Waals surface area contributed by atoms with Crippen LogP contribution in [0.1, 0.15) is 30.2 Å². The van der Waals surface area contributed by atoms with Gasteiger partial charge in [0.05, 0.1) is 5.92 Å². The number of likely N-dealkylation sites (tertiary alicyclic amines) is 1. The lowest BCUT2D eigenvalue weighted by atomic mass is 10.1. The summed E-state index contributed by atoms with van der Waals surface area (Å²) in [6, 6.07) is 15.9. The zero-order chi connectivity index (χ0) is 19.6. The Morgan fingerprint density at radius 3 is 2.83 bits per heavy atom. The smallest absolute Gasteiger partial charge is 0.232 e. The number of benzene rings is 2. The predicted octanol–water partition coefficient (Wildman–Crippen LogP) is 3.41. The number of hydrogen-bond acceptors (Lipinski definition) is 6. The fraction of sp³-hybridized carbons (Fsp3) is 0.318. The van der Waals surface area contributed by atoms with Crippen molar-refractivity contribution >= 4 is 5.91 Å². The van der Waals surface area contributed by atoms with E-state index in [0.29, 0.717) is 36.2 Å². The zero-order valence-corrected chi connectivity index (χ0v) is 15.9. The Bertz CT molecular complexity index is 1020. The van der Waals surface area contributed by atoms with E-state index >= 15 is 0 Å². The van der Waals surface area contributed by atoms with E-state index in [0.717, 1.165) is 24.9 Å². The average Bonchev–Trinajstić information content (AvgIpc) is 3.48. The van der Waals surface area contributed by atoms with Crippen LogP contribution in [0.4, 0.5) is 0 Å². The first-order valence-corrected chi connectivity index (χ1v) is 9.81. The van der Waals surface area contributed by atoms with Gasteiger partial charge in [0.15, 0.2) is 11.5 Å². The molecular formula is C22H21N3O4. The number of fused-ring (bicyclic) bond motifs is 1. The fourth-order valence-electron chi connectivity index (χ4n) is 3.83. The highest BCUT2D eigenvalue weighted by molar-refractivity contribution is 5.79. The second-order valence-electron chi connectivity index (χ2n) is 7.35. The summed E-state index contributed by atoms with van der Waals surface area (Å²) >= 11 is 0. The molecule has 3 heterocycles. The van der Waals surface area contributed by atoms with Crippen molar-refractivity contribution in [2.45, 2.75) is 25.2 Å². The van der Waals surface area contributed by atoms with E-state index in [1.54, 1.807) is 0 Å². The molecule has 2 aromatic carbocycles. The Morgan fingerprint density at radius 2 is 1.93 bits per heavy atom. The third kappa shape index (κ3) is 3.68. The Balaban J connectivity index is 1.21. The van der Waals surface area contributed by atoms with Crippen LogP contribution in [0.5, 0.6) is 11.5 Å². The molecule has 0 saturated carbocycles. The summed E-state index contributed by atoms with van der Waals surface area (Å²) in [5.41, 5.74) is 2.09. The number of aryl methyl sites for hydroxylation is 1. The standard InChI is InChI=1S/C22H21N3O4/c26-20-12-17(13-25(20)10-4-7-15-5-2-1-3-6-15)22-23-21(24-29-22)16-8-9-18-19(11-16)28-14-27-18/h1-3,5-6,8-9,11,17H,4,7,10,12-14H2. The van der Waals surface area contributed by atoms with Crippen LogP contribution in [-0.4, -0.2) is 40.8 Å². The van der Waals surface area contributed by atoms with E-state index in [1.165, 1.54) is 5.56 Å². The van der Waals surface area contributed by atoms with Gasteiger partial charge in [-0.1, -0.05) is 35.5 Å². The third-order valence-electron chi connectivity index (χ3n) is 5.37. The van der Waals surface area contributed by atoms with Crippen LogP contribution < -0.4 is 9.47 Å². The molecule has 1 saturated heterocycles. The molecule has 2 aliphatic heterocycles. The maximum Gasteiger partial charge on any atom is 0.232 e. The normalized spacial score (nSPS) is 17.9. The minimum atomic E-state index is -0.0607. The fourth-order valence-corrected chi connectivity index (χ4v) is 3.83. The van der Waals surface area contributed by atoms with Crippen molar-refractivity contribution in [2.24, 2.45) is 0 Å². The van der Waals surface area contributed by atoms with E-state index in [1.807, 2.05) is 41.3 Å². The lowest BCUT2D eigenvalue weighted by Gasteiger charge is -2.15. The highest BCUT2D eigenvalue weighted by Gasteiger charge is 2.34. The molecule has 0 radical (unpaired) electrons. The molecule has 3 aromatic rings. The number of rotatable bonds is 6. The first-order chi connectivity index (χ1) is 14.3. The van der Waals surface area contributed by atoms with Crippen LogP contribution >= 0.6 is 0 Å². The minimum Gasteiger partial charge on any atom is -0.454 e. The molecule has 2 aliphatic rings. The van der Waals surface area contributed by atoms with Gasteiger partial charge >= 0.3 is 0 Å². The maximum atomic E-state index is 12.4. The van der Waals surface area contributed by atoms with Crippen molar-refractivity contribution in [1.82, 2.24) is 15.0 Å². The molecule has 148 valence electrons. The molecule has 1 amide bonds. The Hall–Kier alpha value is -3.35. The number of amides is 1. The summed E-state index contributed by atoms with van der Waals surface area (Å²) in [6.45, 7) is 1.59. The molecule has 29 heavy (non-hydrogen) atoms. The molecule has 7 nitrogen and oxygen atoms in total. The molecule has 1 unspecified atom stereocenters. The van der Waals surface area contributed by atoms with Gasteiger partial charge in [-0.05, 0) is 36.6 Å². The summed E-state index contributed by atoms with van der Waals surface area (Å²) in [5, 5.41) is 4.10. The van der Waals surface area contributed by atoms with E-state index in [4.69, 9.17) is 14.0 Å². The van der Waals surface area contributed by atoms with Gasteiger partial charge in [-0.15, -0.1) is 0 Å². The molecule has 1 atom stereocenters. The first-order valence-electron chi connectivity index (χ1n) is 9.81. The topological polar surface area (TPSA) is 77.7 Å². The molecule has 0 N–H and O–H groups in total. The van der Waals surface area contributed by atoms with Crippen molar-refractivity contribution in [3.8, 4) is 22.9 Å². The van der Waals surface area contributed by atoms with Gasteiger partial charge in [-0.3, -0.25) is 4.79 Å². The van der Waals surface area contributed by atoms with Crippen molar-refractivity contribution in [3.63, 3.8) is 0 Å². The van der Waals surface area contributed by atoms with Gasteiger partial charge in [0.2, 0.25) is 24.4 Å². The second-order valence-corrected chi connectivity index (χ2v) is 7.35. The summed E-state index contributed by atoms with van der Waals surface area (Å²) in [4.78, 5) is 18.8. The quantitative estimate of drug-likeness (QED) is 0.641. The number of ether oxygens (including phenoxy) is 2. The first kappa shape index (κ1) is 17.7. The maximum absolute atomic E-state index is 12.4. The van der Waals surface area contributed by atoms with Crippen LogP contribution in [-0.2, 0) is 11.2 Å². The molecule has 1 aromatic heterocycles. The summed E-state index contributed by atoms with van der Waals surface area (Å²) in [7, 11) is 0. The van der Waals surface area contributed by atoms with Gasteiger partial charge in [-0.25, -0.2) is 0 Å². The molecule has 1 fully saturated rings. The third-order valence-corrected chi connectivity index (χ3v) is 5.37. The Morgan fingerprint density at radius 1 is 1.07 bits per heavy atom. The molecule has 0 bridgehead atoms. The number of aromatic nitrogens is 2. The van der Waals surface area contributed by atoms with Crippen molar-refractivity contribution in [1.29, 1.82) is 0 Å². The van der Waals surface area contributed by atoms with Crippen molar-refractivity contribution in [3.05, 3.63) is 60.0 Å². The summed E-state index contributed by atoms with van der Waals surface area (Å²) in [5.74, 6) is 2.48. The molecule has 0 aliphatic carbocycles. The van der Waals surface area contributed by atoms with E-state index in [2.05, 4.69) is 22.3 Å². The monoisotopic (exact) mass is 391 g/mol. The van der Waals surface area contributed by atoms with Crippen LogP contribution in [0.25, 0.3) is 11.4 Å². The highest BCUT2D eigenvalue weighted by Crippen LogP contribution is 2.36. The molecule has 5 rings (SSSR count). The van der Waals surface area contributed by atoms with Gasteiger partial charge < -0.3 is 18.9 Å². The van der Waals surface area contributed by atoms with Crippen LogP contribution in [0.15, 0.2) is 53.1 Å². The van der Waals surface area contributed by atoms with E-state index in [-0.39, 0.29) is 18.6 Å². The Kier molecular flexibility index (Phi) is 4.63. The van der Waals surface area contributed by atoms with Gasteiger partial charge in [-0.2, -0.15) is 4.98 Å². The second kappa shape index (κ2) is 7.58. The SMILES string of the molecule is O=C1CC(c2nc(-c3ccc4c(c3)OCO4)no2)CN1CCCc1ccccc1. The van der Waals surface area contributed by atoms with Gasteiger partial charge in [0.25, 0.3) is 0 Å². The molecular weight excluding hydrogens is 370 g/mol. The summed E-state index contributed by atoms with van der Waals surface area (Å²) in [6.07, 6.45) is 2.31. The van der Waals surface area contributed by atoms with E-state index < -0.39 is 0 Å². The van der Waals surface area contributed by atoms with E-state index in [9.17, 15) is 4.79 Å². The number of carbonyl (C=O) groups excluding carboxylic acids is 1. The number of nitrogens with zero attached hydrogens (tertiary/aromatic N) is 3. The zero-order valence-electron chi connectivity index (χ0n) is 15.9. The van der Waals surface area contributed by atoms with Crippen molar-refractivity contribution < 1.29 is 18.8 Å². The molecule has 0 spiro atoms. The van der Waals surface area contributed by atoms with Crippen molar-refractivity contribution in [2.75, 3.05) is 19.9 Å². The van der Waals surface area contributed by atoms with Gasteiger partial charge in [0.1, 0.15) is 0 Å². The molecule has 7 heteroatoms.